The minimum Gasteiger partial charge on any atom is -0.406 e. The number of hydrogen-bond acceptors (Lipinski definition) is 6. The molecule has 0 saturated carbocycles. The second kappa shape index (κ2) is 13.6. The Bertz CT molecular complexity index is 1800. The van der Waals surface area contributed by atoms with Crippen LogP contribution in [0.1, 0.15) is 43.4 Å². The first-order chi connectivity index (χ1) is 21.9. The number of halogens is 3. The molecule has 3 aromatic carbocycles. The van der Waals surface area contributed by atoms with Crippen LogP contribution in [0, 0.1) is 6.92 Å². The van der Waals surface area contributed by atoms with Gasteiger partial charge < -0.3 is 10.1 Å². The number of amides is 3. The fourth-order valence-electron chi connectivity index (χ4n) is 4.74. The Morgan fingerprint density at radius 1 is 1.09 bits per heavy atom. The molecule has 1 unspecified atom stereocenters. The van der Waals surface area contributed by atoms with Crippen LogP contribution in [0.5, 0.6) is 5.75 Å². The molecule has 1 aliphatic heterocycles. The monoisotopic (exact) mass is 648 g/mol. The topological polar surface area (TPSA) is 102 Å². The van der Waals surface area contributed by atoms with Gasteiger partial charge in [-0.3, -0.25) is 9.69 Å². The highest BCUT2D eigenvalue weighted by atomic mass is 32.2. The van der Waals surface area contributed by atoms with Crippen molar-refractivity contribution in [2.24, 2.45) is 4.99 Å². The molecule has 5 rings (SSSR count). The summed E-state index contributed by atoms with van der Waals surface area (Å²) in [5, 5.41) is 7.63. The minimum absolute atomic E-state index is 0.121. The second-order valence-corrected chi connectivity index (χ2v) is 11.8. The van der Waals surface area contributed by atoms with E-state index in [1.807, 2.05) is 68.5 Å². The van der Waals surface area contributed by atoms with Gasteiger partial charge in [0.25, 0.3) is 0 Å². The molecule has 1 fully saturated rings. The number of amidine groups is 1. The summed E-state index contributed by atoms with van der Waals surface area (Å²) in [6.07, 6.45) is 0.364. The summed E-state index contributed by atoms with van der Waals surface area (Å²) in [5.74, 6) is 0.363. The number of nitrogens with one attached hydrogen (secondary N) is 1. The fraction of sp³-hybridized carbons (Fsp3) is 0.242. The SMILES string of the molecule is Cc1ccc(C(C)C)c(N2C(=O)CS/C2=N\C(=O)NC(C)/C=C\c2cccc(-c3ncn(-c4ccc(OC(F)(F)F)cc4)n3)c2)c1. The number of aliphatic imine (C=N–C) groups is 1. The summed E-state index contributed by atoms with van der Waals surface area (Å²) >= 11 is 1.23. The molecule has 238 valence electrons. The van der Waals surface area contributed by atoms with Gasteiger partial charge in [-0.25, -0.2) is 14.5 Å². The number of aromatic nitrogens is 3. The number of carbonyl (C=O) groups excluding carboxylic acids is 2. The van der Waals surface area contributed by atoms with Gasteiger partial charge in [0, 0.05) is 11.6 Å². The number of thioether (sulfide) groups is 1. The van der Waals surface area contributed by atoms with E-state index < -0.39 is 12.4 Å². The first-order valence-electron chi connectivity index (χ1n) is 14.4. The molecule has 13 heteroatoms. The normalized spacial score (nSPS) is 15.3. The smallest absolute Gasteiger partial charge is 0.406 e. The van der Waals surface area contributed by atoms with Gasteiger partial charge in [0.15, 0.2) is 11.0 Å². The van der Waals surface area contributed by atoms with Crippen LogP contribution in [0.3, 0.4) is 0 Å². The summed E-state index contributed by atoms with van der Waals surface area (Å²) < 4.78 is 42.7. The largest absolute Gasteiger partial charge is 0.573 e. The molecule has 1 atom stereocenters. The van der Waals surface area contributed by atoms with Gasteiger partial charge in [-0.15, -0.1) is 18.3 Å². The zero-order chi connectivity index (χ0) is 33.0. The highest BCUT2D eigenvalue weighted by Gasteiger charge is 2.33. The zero-order valence-corrected chi connectivity index (χ0v) is 26.3. The quantitative estimate of drug-likeness (QED) is 0.212. The van der Waals surface area contributed by atoms with Crippen molar-refractivity contribution in [2.45, 2.75) is 46.0 Å². The van der Waals surface area contributed by atoms with E-state index in [0.717, 1.165) is 27.9 Å². The number of aryl methyl sites for hydroxylation is 1. The Labute approximate surface area is 268 Å². The van der Waals surface area contributed by atoms with Crippen LogP contribution in [0.2, 0.25) is 0 Å². The van der Waals surface area contributed by atoms with Crippen LogP contribution in [0.25, 0.3) is 23.2 Å². The van der Waals surface area contributed by atoms with Crippen LogP contribution in [-0.4, -0.2) is 50.0 Å². The van der Waals surface area contributed by atoms with Gasteiger partial charge in [-0.1, -0.05) is 68.1 Å². The number of ether oxygens (including phenoxy) is 1. The van der Waals surface area contributed by atoms with Crippen LogP contribution in [-0.2, 0) is 4.79 Å². The van der Waals surface area contributed by atoms with Crippen molar-refractivity contribution in [3.05, 3.63) is 95.8 Å². The first kappa shape index (κ1) is 32.5. The van der Waals surface area contributed by atoms with Crippen LogP contribution < -0.4 is 15.0 Å². The second-order valence-electron chi connectivity index (χ2n) is 10.9. The molecule has 46 heavy (non-hydrogen) atoms. The maximum absolute atomic E-state index is 12.9. The van der Waals surface area contributed by atoms with E-state index >= 15 is 0 Å². The average molecular weight is 649 g/mol. The maximum atomic E-state index is 12.9. The standard InChI is InChI=1S/C33H31F3N6O3S/c1-20(2)27-15-8-21(3)16-28(27)42-29(43)18-46-32(42)39-31(44)38-22(4)9-10-23-6-5-7-24(17-23)30-37-19-41(40-30)25-11-13-26(14-12-25)45-33(34,35)36/h5-17,19-20,22H,18H2,1-4H3,(H,38,44)/b10-9-,39-32-. The molecule has 2 heterocycles. The van der Waals surface area contributed by atoms with Crippen molar-refractivity contribution in [3.8, 4) is 22.8 Å². The van der Waals surface area contributed by atoms with Gasteiger partial charge in [-0.2, -0.15) is 4.99 Å². The Hall–Kier alpha value is -4.91. The molecule has 0 radical (unpaired) electrons. The van der Waals surface area contributed by atoms with Crippen LogP contribution >= 0.6 is 11.8 Å². The van der Waals surface area contributed by atoms with E-state index in [1.165, 1.54) is 51.9 Å². The van der Waals surface area contributed by atoms with E-state index in [0.29, 0.717) is 16.7 Å². The van der Waals surface area contributed by atoms with Crippen molar-refractivity contribution in [1.82, 2.24) is 20.1 Å². The predicted molar refractivity (Wildman–Crippen MR) is 173 cm³/mol. The highest BCUT2D eigenvalue weighted by molar-refractivity contribution is 8.15. The summed E-state index contributed by atoms with van der Waals surface area (Å²) in [6.45, 7) is 7.89. The number of benzene rings is 3. The lowest BCUT2D eigenvalue weighted by Gasteiger charge is -2.22. The molecular formula is C33H31F3N6O3S. The molecule has 4 aromatic rings. The van der Waals surface area contributed by atoms with Crippen molar-refractivity contribution in [2.75, 3.05) is 10.7 Å². The fourth-order valence-corrected chi connectivity index (χ4v) is 5.59. The molecule has 1 aromatic heterocycles. The number of nitrogens with zero attached hydrogens (tertiary/aromatic N) is 5. The van der Waals surface area contributed by atoms with Crippen molar-refractivity contribution >= 4 is 40.6 Å². The number of hydrogen-bond donors (Lipinski definition) is 1. The molecule has 9 nitrogen and oxygen atoms in total. The van der Waals surface area contributed by atoms with Gasteiger partial charge in [0.05, 0.1) is 17.1 Å². The van der Waals surface area contributed by atoms with E-state index in [-0.39, 0.29) is 29.4 Å². The van der Waals surface area contributed by atoms with Gasteiger partial charge in [-0.05, 0) is 72.9 Å². The Morgan fingerprint density at radius 2 is 1.85 bits per heavy atom. The minimum atomic E-state index is -4.77. The zero-order valence-electron chi connectivity index (χ0n) is 25.4. The van der Waals surface area contributed by atoms with Crippen LogP contribution in [0.4, 0.5) is 23.7 Å². The highest BCUT2D eigenvalue weighted by Crippen LogP contribution is 2.34. The van der Waals surface area contributed by atoms with Crippen molar-refractivity contribution in [3.63, 3.8) is 0 Å². The van der Waals surface area contributed by atoms with Gasteiger partial charge in [0.1, 0.15) is 12.1 Å². The molecule has 1 aliphatic rings. The lowest BCUT2D eigenvalue weighted by Crippen LogP contribution is -2.34. The molecule has 0 bridgehead atoms. The molecule has 1 N–H and O–H groups in total. The lowest BCUT2D eigenvalue weighted by atomic mass is 9.99. The first-order valence-corrected chi connectivity index (χ1v) is 15.4. The number of urea groups is 1. The number of carbonyl (C=O) groups is 2. The number of rotatable bonds is 8. The number of anilines is 1. The van der Waals surface area contributed by atoms with E-state index in [2.05, 4.69) is 39.0 Å². The van der Waals surface area contributed by atoms with Gasteiger partial charge in [0.2, 0.25) is 5.91 Å². The molecule has 0 aliphatic carbocycles. The predicted octanol–water partition coefficient (Wildman–Crippen LogP) is 7.51. The lowest BCUT2D eigenvalue weighted by molar-refractivity contribution is -0.274. The molecule has 1 saturated heterocycles. The summed E-state index contributed by atoms with van der Waals surface area (Å²) in [7, 11) is 0. The Morgan fingerprint density at radius 3 is 2.57 bits per heavy atom. The average Bonchev–Trinajstić information content (AvgIpc) is 3.62. The van der Waals surface area contributed by atoms with Crippen molar-refractivity contribution in [1.29, 1.82) is 0 Å². The summed E-state index contributed by atoms with van der Waals surface area (Å²) in [5.41, 5.74) is 4.83. The van der Waals surface area contributed by atoms with Crippen molar-refractivity contribution < 1.29 is 27.5 Å². The Kier molecular flexibility index (Phi) is 9.61. The third-order valence-corrected chi connectivity index (χ3v) is 7.83. The third-order valence-electron chi connectivity index (χ3n) is 6.91. The van der Waals surface area contributed by atoms with Gasteiger partial charge >= 0.3 is 12.4 Å². The van der Waals surface area contributed by atoms with E-state index in [9.17, 15) is 22.8 Å². The Balaban J connectivity index is 1.24. The maximum Gasteiger partial charge on any atom is 0.573 e. The molecular weight excluding hydrogens is 617 g/mol. The van der Waals surface area contributed by atoms with Crippen LogP contribution in [0.15, 0.2) is 84.1 Å². The molecule has 0 spiro atoms. The van der Waals surface area contributed by atoms with E-state index in [1.54, 1.807) is 0 Å². The summed E-state index contributed by atoms with van der Waals surface area (Å²) in [6, 6.07) is 17.8. The van der Waals surface area contributed by atoms with E-state index in [4.69, 9.17) is 0 Å². The molecule has 3 amide bonds. The number of alkyl halides is 3. The summed E-state index contributed by atoms with van der Waals surface area (Å²) in [4.78, 5) is 35.8. The third kappa shape index (κ3) is 8.02.